The minimum atomic E-state index is -0.323. The van der Waals surface area contributed by atoms with Gasteiger partial charge in [-0.3, -0.25) is 0 Å². The van der Waals surface area contributed by atoms with Gasteiger partial charge in [0.2, 0.25) is 0 Å². The van der Waals surface area contributed by atoms with E-state index in [-0.39, 0.29) is 5.97 Å². The Balaban J connectivity index is 2.57. The van der Waals surface area contributed by atoms with Crippen LogP contribution in [0.2, 0.25) is 0 Å². The van der Waals surface area contributed by atoms with Gasteiger partial charge >= 0.3 is 5.97 Å². The minimum absolute atomic E-state index is 0.323. The molecule has 0 unspecified atom stereocenters. The van der Waals surface area contributed by atoms with Crippen molar-refractivity contribution in [1.29, 1.82) is 0 Å². The lowest BCUT2D eigenvalue weighted by molar-refractivity contribution is 0.0591. The van der Waals surface area contributed by atoms with E-state index in [0.29, 0.717) is 5.69 Å². The summed E-state index contributed by atoms with van der Waals surface area (Å²) in [5.74, 6) is -0.323. The molecular weight excluding hydrogens is 214 g/mol. The van der Waals surface area contributed by atoms with E-state index in [0.717, 1.165) is 16.8 Å². The molecule has 0 radical (unpaired) electrons. The van der Waals surface area contributed by atoms with Crippen molar-refractivity contribution in [3.8, 4) is 5.69 Å². The molecule has 0 N–H and O–H groups in total. The number of carbonyl (C=O) groups excluding carboxylic acids is 1. The highest BCUT2D eigenvalue weighted by molar-refractivity contribution is 5.88. The van der Waals surface area contributed by atoms with Crippen LogP contribution in [0.5, 0.6) is 0 Å². The molecule has 1 aromatic heterocycles. The van der Waals surface area contributed by atoms with E-state index in [4.69, 9.17) is 4.74 Å². The zero-order valence-corrected chi connectivity index (χ0v) is 10.2. The smallest absolute Gasteiger partial charge is 0.355 e. The van der Waals surface area contributed by atoms with Crippen LogP contribution in [0.1, 0.15) is 21.6 Å². The van der Waals surface area contributed by atoms with Crippen molar-refractivity contribution in [3.05, 3.63) is 53.3 Å². The number of hydrogen-bond donors (Lipinski definition) is 0. The van der Waals surface area contributed by atoms with Crippen LogP contribution in [-0.4, -0.2) is 17.6 Å². The van der Waals surface area contributed by atoms with Crippen molar-refractivity contribution < 1.29 is 9.53 Å². The number of benzene rings is 1. The van der Waals surface area contributed by atoms with E-state index in [9.17, 15) is 4.79 Å². The first-order valence-corrected chi connectivity index (χ1v) is 5.47. The van der Waals surface area contributed by atoms with Gasteiger partial charge in [0.05, 0.1) is 7.11 Å². The Bertz CT molecular complexity index is 555. The maximum atomic E-state index is 11.6. The van der Waals surface area contributed by atoms with Gasteiger partial charge in [-0.25, -0.2) is 4.79 Å². The molecule has 0 amide bonds. The summed E-state index contributed by atoms with van der Waals surface area (Å²) in [6, 6.07) is 9.76. The van der Waals surface area contributed by atoms with Crippen molar-refractivity contribution in [2.45, 2.75) is 13.8 Å². The first kappa shape index (κ1) is 11.5. The van der Waals surface area contributed by atoms with Crippen LogP contribution in [0.4, 0.5) is 0 Å². The molecule has 0 saturated carbocycles. The summed E-state index contributed by atoms with van der Waals surface area (Å²) in [6.45, 7) is 4.06. The van der Waals surface area contributed by atoms with E-state index in [1.807, 2.05) is 36.7 Å². The lowest BCUT2D eigenvalue weighted by Crippen LogP contribution is -2.09. The van der Waals surface area contributed by atoms with Gasteiger partial charge in [0, 0.05) is 11.9 Å². The van der Waals surface area contributed by atoms with Crippen molar-refractivity contribution in [2.24, 2.45) is 0 Å². The van der Waals surface area contributed by atoms with Crippen molar-refractivity contribution in [1.82, 2.24) is 4.57 Å². The molecule has 0 aliphatic carbocycles. The molecule has 3 heteroatoms. The molecule has 0 bridgehead atoms. The van der Waals surface area contributed by atoms with E-state index in [1.54, 1.807) is 6.07 Å². The number of nitrogens with zero attached hydrogens (tertiary/aromatic N) is 1. The number of aryl methyl sites for hydroxylation is 2. The lowest BCUT2D eigenvalue weighted by atomic mass is 10.1. The number of carbonyl (C=O) groups is 1. The van der Waals surface area contributed by atoms with Crippen LogP contribution < -0.4 is 0 Å². The average molecular weight is 229 g/mol. The number of aromatic nitrogens is 1. The lowest BCUT2D eigenvalue weighted by Gasteiger charge is -2.11. The highest BCUT2D eigenvalue weighted by Crippen LogP contribution is 2.19. The molecule has 0 saturated heterocycles. The van der Waals surface area contributed by atoms with Gasteiger partial charge in [-0.2, -0.15) is 0 Å². The highest BCUT2D eigenvalue weighted by atomic mass is 16.5. The molecule has 17 heavy (non-hydrogen) atoms. The normalized spacial score (nSPS) is 10.3. The third-order valence-electron chi connectivity index (χ3n) is 2.77. The average Bonchev–Trinajstić information content (AvgIpc) is 2.80. The molecule has 0 aliphatic heterocycles. The minimum Gasteiger partial charge on any atom is -0.464 e. The van der Waals surface area contributed by atoms with Crippen molar-refractivity contribution in [3.63, 3.8) is 0 Å². The second-order valence-electron chi connectivity index (χ2n) is 4.04. The van der Waals surface area contributed by atoms with Crippen LogP contribution in [0.15, 0.2) is 36.5 Å². The third-order valence-corrected chi connectivity index (χ3v) is 2.77. The van der Waals surface area contributed by atoms with Crippen LogP contribution in [-0.2, 0) is 4.74 Å². The fourth-order valence-electron chi connectivity index (χ4n) is 1.84. The zero-order chi connectivity index (χ0) is 12.4. The maximum absolute atomic E-state index is 11.6. The summed E-state index contributed by atoms with van der Waals surface area (Å²) >= 11 is 0. The van der Waals surface area contributed by atoms with Gasteiger partial charge in [0.1, 0.15) is 5.69 Å². The number of rotatable bonds is 2. The topological polar surface area (TPSA) is 31.2 Å². The summed E-state index contributed by atoms with van der Waals surface area (Å²) in [5.41, 5.74) is 3.84. The zero-order valence-electron chi connectivity index (χ0n) is 10.2. The molecule has 88 valence electrons. The van der Waals surface area contributed by atoms with Crippen LogP contribution in [0.25, 0.3) is 5.69 Å². The fourth-order valence-corrected chi connectivity index (χ4v) is 1.84. The quantitative estimate of drug-likeness (QED) is 0.741. The van der Waals surface area contributed by atoms with Gasteiger partial charge in [0.15, 0.2) is 0 Å². The van der Waals surface area contributed by atoms with Gasteiger partial charge < -0.3 is 9.30 Å². The first-order chi connectivity index (χ1) is 8.13. The standard InChI is InChI=1S/C14H15NO2/c1-10-6-7-11(2)13(9-10)15-8-4-5-12(15)14(16)17-3/h4-9H,1-3H3. The molecule has 2 aromatic rings. The van der Waals surface area contributed by atoms with Gasteiger partial charge in [-0.15, -0.1) is 0 Å². The van der Waals surface area contributed by atoms with Gasteiger partial charge in [-0.05, 0) is 43.2 Å². The maximum Gasteiger partial charge on any atom is 0.355 e. The predicted molar refractivity (Wildman–Crippen MR) is 66.6 cm³/mol. The second-order valence-corrected chi connectivity index (χ2v) is 4.04. The molecule has 0 spiro atoms. The molecule has 0 aliphatic rings. The largest absolute Gasteiger partial charge is 0.464 e. The van der Waals surface area contributed by atoms with Crippen molar-refractivity contribution in [2.75, 3.05) is 7.11 Å². The monoisotopic (exact) mass is 229 g/mol. The highest BCUT2D eigenvalue weighted by Gasteiger charge is 2.13. The van der Waals surface area contributed by atoms with Gasteiger partial charge in [-0.1, -0.05) is 12.1 Å². The van der Waals surface area contributed by atoms with E-state index >= 15 is 0 Å². The first-order valence-electron chi connectivity index (χ1n) is 5.47. The van der Waals surface area contributed by atoms with E-state index < -0.39 is 0 Å². The summed E-state index contributed by atoms with van der Waals surface area (Å²) in [7, 11) is 1.39. The number of methoxy groups -OCH3 is 1. The molecule has 3 nitrogen and oxygen atoms in total. The Labute approximate surface area is 101 Å². The SMILES string of the molecule is COC(=O)c1cccn1-c1cc(C)ccc1C. The fraction of sp³-hybridized carbons (Fsp3) is 0.214. The van der Waals surface area contributed by atoms with E-state index in [2.05, 4.69) is 12.1 Å². The van der Waals surface area contributed by atoms with Crippen LogP contribution in [0.3, 0.4) is 0 Å². The Morgan fingerprint density at radius 2 is 2.00 bits per heavy atom. The summed E-state index contributed by atoms with van der Waals surface area (Å²) in [5, 5.41) is 0. The Kier molecular flexibility index (Phi) is 3.00. The number of esters is 1. The van der Waals surface area contributed by atoms with E-state index in [1.165, 1.54) is 7.11 Å². The molecule has 0 fully saturated rings. The Morgan fingerprint density at radius 3 is 2.71 bits per heavy atom. The Morgan fingerprint density at radius 1 is 1.24 bits per heavy atom. The molecule has 1 aromatic carbocycles. The third kappa shape index (κ3) is 2.09. The number of hydrogen-bond acceptors (Lipinski definition) is 2. The van der Waals surface area contributed by atoms with Gasteiger partial charge in [0.25, 0.3) is 0 Å². The van der Waals surface area contributed by atoms with Crippen LogP contribution >= 0.6 is 0 Å². The summed E-state index contributed by atoms with van der Waals surface area (Å²) in [4.78, 5) is 11.6. The second kappa shape index (κ2) is 4.45. The molecular formula is C14H15NO2. The molecule has 0 atom stereocenters. The molecule has 2 rings (SSSR count). The van der Waals surface area contributed by atoms with Crippen LogP contribution in [0, 0.1) is 13.8 Å². The molecule has 1 heterocycles. The Hall–Kier alpha value is -2.03. The summed E-state index contributed by atoms with van der Waals surface area (Å²) in [6.07, 6.45) is 1.87. The van der Waals surface area contributed by atoms with Crippen molar-refractivity contribution >= 4 is 5.97 Å². The predicted octanol–water partition coefficient (Wildman–Crippen LogP) is 2.88. The summed E-state index contributed by atoms with van der Waals surface area (Å²) < 4.78 is 6.62. The number of ether oxygens (including phenoxy) is 1.